The zero-order valence-electron chi connectivity index (χ0n) is 8.45. The van der Waals surface area contributed by atoms with E-state index in [4.69, 9.17) is 14.6 Å². The van der Waals surface area contributed by atoms with Crippen LogP contribution in [0.5, 0.6) is 0 Å². The van der Waals surface area contributed by atoms with Crippen molar-refractivity contribution in [1.29, 1.82) is 0 Å². The van der Waals surface area contributed by atoms with E-state index in [9.17, 15) is 4.79 Å². The fraction of sp³-hybridized carbons (Fsp3) is 0.889. The van der Waals surface area contributed by atoms with E-state index < -0.39 is 5.97 Å². The predicted molar refractivity (Wildman–Crippen MR) is 48.7 cm³/mol. The number of carboxylic acid groups (broad SMARTS) is 1. The van der Waals surface area contributed by atoms with Gasteiger partial charge in [0, 0.05) is 6.61 Å². The molecule has 0 saturated carbocycles. The Bertz CT molecular complexity index is 145. The Labute approximate surface area is 78.8 Å². The largest absolute Gasteiger partial charge is 0.480 e. The van der Waals surface area contributed by atoms with Crippen LogP contribution in [-0.2, 0) is 14.3 Å². The lowest BCUT2D eigenvalue weighted by molar-refractivity contribution is -0.145. The van der Waals surface area contributed by atoms with Crippen molar-refractivity contribution in [3.05, 3.63) is 0 Å². The maximum Gasteiger partial charge on any atom is 0.329 e. The zero-order chi connectivity index (χ0) is 10.3. The Morgan fingerprint density at radius 3 is 2.38 bits per heavy atom. The molecular weight excluding hydrogens is 172 g/mol. The monoisotopic (exact) mass is 190 g/mol. The third-order valence-corrected chi connectivity index (χ3v) is 1.30. The molecule has 0 aliphatic heterocycles. The van der Waals surface area contributed by atoms with Crippen LogP contribution in [0.3, 0.4) is 0 Å². The van der Waals surface area contributed by atoms with E-state index in [-0.39, 0.29) is 12.7 Å². The van der Waals surface area contributed by atoms with Gasteiger partial charge in [-0.2, -0.15) is 0 Å². The molecule has 4 heteroatoms. The average Bonchev–Trinajstić information content (AvgIpc) is 2.00. The van der Waals surface area contributed by atoms with E-state index in [0.717, 1.165) is 0 Å². The number of carbonyl (C=O) groups is 1. The van der Waals surface area contributed by atoms with Gasteiger partial charge in [-0.3, -0.25) is 0 Å². The molecule has 0 aromatic carbocycles. The Morgan fingerprint density at radius 1 is 1.31 bits per heavy atom. The number of aliphatic carboxylic acids is 1. The summed E-state index contributed by atoms with van der Waals surface area (Å²) in [6.45, 7) is 6.78. The first-order chi connectivity index (χ1) is 6.02. The van der Waals surface area contributed by atoms with Gasteiger partial charge in [0.1, 0.15) is 6.61 Å². The zero-order valence-corrected chi connectivity index (χ0v) is 8.45. The lowest BCUT2D eigenvalue weighted by Gasteiger charge is -2.12. The van der Waals surface area contributed by atoms with Crippen LogP contribution in [0.15, 0.2) is 0 Å². The molecule has 0 aromatic rings. The van der Waals surface area contributed by atoms with Crippen LogP contribution >= 0.6 is 0 Å². The molecule has 0 aliphatic carbocycles. The molecule has 13 heavy (non-hydrogen) atoms. The number of rotatable bonds is 7. The molecule has 1 N–H and O–H groups in total. The fourth-order valence-electron chi connectivity index (χ4n) is 0.731. The molecule has 0 aliphatic rings. The number of carboxylic acids is 1. The second-order valence-corrected chi connectivity index (χ2v) is 3.45. The van der Waals surface area contributed by atoms with Crippen LogP contribution in [0.4, 0.5) is 0 Å². The average molecular weight is 190 g/mol. The van der Waals surface area contributed by atoms with Gasteiger partial charge < -0.3 is 14.6 Å². The third-order valence-electron chi connectivity index (χ3n) is 1.30. The van der Waals surface area contributed by atoms with Crippen molar-refractivity contribution in [2.75, 3.05) is 19.8 Å². The van der Waals surface area contributed by atoms with Gasteiger partial charge in [0.05, 0.1) is 12.7 Å². The van der Waals surface area contributed by atoms with Crippen LogP contribution in [0.2, 0.25) is 0 Å². The first-order valence-electron chi connectivity index (χ1n) is 4.43. The van der Waals surface area contributed by atoms with Crippen molar-refractivity contribution >= 4 is 5.97 Å². The van der Waals surface area contributed by atoms with Gasteiger partial charge in [0.2, 0.25) is 0 Å². The quantitative estimate of drug-likeness (QED) is 0.654. The van der Waals surface area contributed by atoms with Gasteiger partial charge in [-0.05, 0) is 12.8 Å². The van der Waals surface area contributed by atoms with Crippen LogP contribution in [0.1, 0.15) is 20.8 Å². The van der Waals surface area contributed by atoms with Gasteiger partial charge in [-0.25, -0.2) is 4.79 Å². The van der Waals surface area contributed by atoms with E-state index in [1.807, 2.05) is 0 Å². The molecule has 0 heterocycles. The van der Waals surface area contributed by atoms with Gasteiger partial charge >= 0.3 is 5.97 Å². The molecule has 0 saturated heterocycles. The molecule has 1 unspecified atom stereocenters. The Hall–Kier alpha value is -0.610. The summed E-state index contributed by atoms with van der Waals surface area (Å²) in [4.78, 5) is 10.1. The van der Waals surface area contributed by atoms with Crippen molar-refractivity contribution in [2.24, 2.45) is 5.92 Å². The van der Waals surface area contributed by atoms with Gasteiger partial charge in [-0.1, -0.05) is 13.8 Å². The maximum absolute atomic E-state index is 10.1. The summed E-state index contributed by atoms with van der Waals surface area (Å²) in [5.74, 6) is -0.456. The van der Waals surface area contributed by atoms with E-state index in [1.54, 1.807) is 6.92 Å². The second-order valence-electron chi connectivity index (χ2n) is 3.45. The Kier molecular flexibility index (Phi) is 6.54. The Balaban J connectivity index is 3.30. The molecule has 0 amide bonds. The summed E-state index contributed by atoms with van der Waals surface area (Å²) in [5, 5.41) is 8.31. The van der Waals surface area contributed by atoms with Crippen LogP contribution in [-0.4, -0.2) is 37.0 Å². The maximum atomic E-state index is 10.1. The Morgan fingerprint density at radius 2 is 1.92 bits per heavy atom. The summed E-state index contributed by atoms with van der Waals surface area (Å²) in [6, 6.07) is 0. The van der Waals surface area contributed by atoms with Crippen LogP contribution in [0.25, 0.3) is 0 Å². The first-order valence-corrected chi connectivity index (χ1v) is 4.43. The fourth-order valence-corrected chi connectivity index (χ4v) is 0.731. The van der Waals surface area contributed by atoms with E-state index in [1.165, 1.54) is 0 Å². The van der Waals surface area contributed by atoms with Crippen molar-refractivity contribution in [2.45, 2.75) is 26.9 Å². The minimum absolute atomic E-state index is 0.158. The highest BCUT2D eigenvalue weighted by molar-refractivity contribution is 5.68. The molecule has 4 nitrogen and oxygen atoms in total. The topological polar surface area (TPSA) is 55.8 Å². The van der Waals surface area contributed by atoms with Crippen molar-refractivity contribution in [1.82, 2.24) is 0 Å². The molecule has 0 radical (unpaired) electrons. The van der Waals surface area contributed by atoms with Gasteiger partial charge in [-0.15, -0.1) is 0 Å². The molecule has 0 rings (SSSR count). The second kappa shape index (κ2) is 6.86. The third kappa shape index (κ3) is 9.30. The van der Waals surface area contributed by atoms with Crippen molar-refractivity contribution < 1.29 is 19.4 Å². The molecule has 0 fully saturated rings. The number of hydrogen-bond acceptors (Lipinski definition) is 3. The highest BCUT2D eigenvalue weighted by Gasteiger charge is 2.05. The smallest absolute Gasteiger partial charge is 0.329 e. The molecule has 1 atom stereocenters. The molecule has 0 spiro atoms. The van der Waals surface area contributed by atoms with E-state index in [0.29, 0.717) is 19.1 Å². The summed E-state index contributed by atoms with van der Waals surface area (Å²) >= 11 is 0. The lowest BCUT2D eigenvalue weighted by Crippen LogP contribution is -2.21. The molecule has 78 valence electrons. The standard InChI is InChI=1S/C9H18O4/c1-7(2)4-12-5-8(3)13-6-9(10)11/h7-8H,4-6H2,1-3H3,(H,10,11). The minimum atomic E-state index is -0.948. The van der Waals surface area contributed by atoms with Crippen molar-refractivity contribution in [3.8, 4) is 0 Å². The molecule has 0 aromatic heterocycles. The van der Waals surface area contributed by atoms with E-state index in [2.05, 4.69) is 13.8 Å². The van der Waals surface area contributed by atoms with Crippen LogP contribution in [0, 0.1) is 5.92 Å². The first kappa shape index (κ1) is 12.4. The number of hydrogen-bond donors (Lipinski definition) is 1. The highest BCUT2D eigenvalue weighted by atomic mass is 16.5. The molecular formula is C9H18O4. The predicted octanol–water partition coefficient (Wildman–Crippen LogP) is 1.15. The normalized spacial score (nSPS) is 13.2. The minimum Gasteiger partial charge on any atom is -0.480 e. The summed E-state index contributed by atoms with van der Waals surface area (Å²) in [5.41, 5.74) is 0. The van der Waals surface area contributed by atoms with Gasteiger partial charge in [0.25, 0.3) is 0 Å². The summed E-state index contributed by atoms with van der Waals surface area (Å²) in [7, 11) is 0. The van der Waals surface area contributed by atoms with Crippen molar-refractivity contribution in [3.63, 3.8) is 0 Å². The SMILES string of the molecule is CC(C)COCC(C)OCC(=O)O. The van der Waals surface area contributed by atoms with Gasteiger partial charge in [0.15, 0.2) is 0 Å². The lowest BCUT2D eigenvalue weighted by atomic mass is 10.2. The van der Waals surface area contributed by atoms with Crippen LogP contribution < -0.4 is 0 Å². The highest BCUT2D eigenvalue weighted by Crippen LogP contribution is 1.96. The summed E-state index contributed by atoms with van der Waals surface area (Å²) in [6.07, 6.45) is -0.158. The molecule has 0 bridgehead atoms. The number of ether oxygens (including phenoxy) is 2. The summed E-state index contributed by atoms with van der Waals surface area (Å²) < 4.78 is 10.2. The van der Waals surface area contributed by atoms with E-state index >= 15 is 0 Å².